The number of nitrogens with one attached hydrogen (secondary N) is 1. The van der Waals surface area contributed by atoms with Crippen LogP contribution < -0.4 is 4.72 Å². The van der Waals surface area contributed by atoms with Crippen molar-refractivity contribution in [1.82, 2.24) is 14.3 Å². The first kappa shape index (κ1) is 17.7. The van der Waals surface area contributed by atoms with E-state index in [0.717, 1.165) is 11.1 Å². The molecule has 5 nitrogen and oxygen atoms in total. The second-order valence-electron chi connectivity index (χ2n) is 5.74. The van der Waals surface area contributed by atoms with E-state index in [4.69, 9.17) is 11.6 Å². The van der Waals surface area contributed by atoms with E-state index < -0.39 is 16.1 Å². The lowest BCUT2D eigenvalue weighted by Crippen LogP contribution is -2.32. The van der Waals surface area contributed by atoms with Crippen LogP contribution in [0.3, 0.4) is 0 Å². The fourth-order valence-electron chi connectivity index (χ4n) is 2.60. The number of rotatable bonds is 6. The minimum atomic E-state index is -3.57. The van der Waals surface area contributed by atoms with Crippen LogP contribution in [0.25, 0.3) is 0 Å². The molecule has 3 rings (SSSR count). The van der Waals surface area contributed by atoms with Gasteiger partial charge in [-0.25, -0.2) is 13.4 Å². The molecule has 0 fully saturated rings. The quantitative estimate of drug-likeness (QED) is 0.719. The molecule has 2 aromatic carbocycles. The molecule has 1 N–H and O–H groups in total. The largest absolute Gasteiger partial charge is 0.336 e. The van der Waals surface area contributed by atoms with E-state index >= 15 is 0 Å². The molecule has 7 heteroatoms. The molecule has 1 unspecified atom stereocenters. The molecule has 0 aliphatic carbocycles. The van der Waals surface area contributed by atoms with Crippen molar-refractivity contribution in [3.05, 3.63) is 89.0 Å². The number of benzene rings is 2. The van der Waals surface area contributed by atoms with E-state index in [0.29, 0.717) is 10.8 Å². The zero-order chi connectivity index (χ0) is 17.9. The van der Waals surface area contributed by atoms with Gasteiger partial charge in [0.05, 0.1) is 5.75 Å². The van der Waals surface area contributed by atoms with E-state index in [-0.39, 0.29) is 5.75 Å². The maximum Gasteiger partial charge on any atom is 0.216 e. The number of hydrogen-bond donors (Lipinski definition) is 1. The molecule has 0 saturated heterocycles. The summed E-state index contributed by atoms with van der Waals surface area (Å²) in [6.07, 6.45) is 3.42. The lowest BCUT2D eigenvalue weighted by atomic mass is 10.1. The van der Waals surface area contributed by atoms with Crippen molar-refractivity contribution in [2.24, 2.45) is 7.05 Å². The number of aromatic nitrogens is 2. The van der Waals surface area contributed by atoms with Crippen LogP contribution >= 0.6 is 11.6 Å². The average Bonchev–Trinajstić information content (AvgIpc) is 3.00. The Bertz CT molecular complexity index is 938. The first-order valence-electron chi connectivity index (χ1n) is 7.71. The fraction of sp³-hybridized carbons (Fsp3) is 0.167. The van der Waals surface area contributed by atoms with Crippen molar-refractivity contribution in [2.45, 2.75) is 11.8 Å². The second-order valence-corrected chi connectivity index (χ2v) is 7.93. The standard InChI is InChI=1S/C18H18ClN3O2S/c1-22-12-11-20-18(22)17(15-7-9-16(19)10-8-15)21-25(23,24)13-14-5-3-2-4-6-14/h2-12,17,21H,13H2,1H3. The summed E-state index contributed by atoms with van der Waals surface area (Å²) in [6, 6.07) is 15.5. The summed E-state index contributed by atoms with van der Waals surface area (Å²) >= 11 is 5.95. The van der Waals surface area contributed by atoms with Crippen molar-refractivity contribution in [2.75, 3.05) is 0 Å². The van der Waals surface area contributed by atoms with Crippen LogP contribution in [0.15, 0.2) is 67.0 Å². The van der Waals surface area contributed by atoms with Gasteiger partial charge in [-0.3, -0.25) is 0 Å². The second kappa shape index (κ2) is 7.39. The lowest BCUT2D eigenvalue weighted by Gasteiger charge is -2.19. The molecule has 1 heterocycles. The Balaban J connectivity index is 1.92. The highest BCUT2D eigenvalue weighted by Gasteiger charge is 2.24. The summed E-state index contributed by atoms with van der Waals surface area (Å²) in [5.74, 6) is 0.515. The molecule has 0 amide bonds. The molecular formula is C18H18ClN3O2S. The van der Waals surface area contributed by atoms with Crippen LogP contribution in [0.4, 0.5) is 0 Å². The van der Waals surface area contributed by atoms with Crippen LogP contribution in [0.1, 0.15) is 23.0 Å². The third kappa shape index (κ3) is 4.48. The van der Waals surface area contributed by atoms with E-state index in [1.807, 2.05) is 25.2 Å². The number of imidazole rings is 1. The van der Waals surface area contributed by atoms with Crippen molar-refractivity contribution >= 4 is 21.6 Å². The zero-order valence-corrected chi connectivity index (χ0v) is 15.2. The molecule has 1 atom stereocenters. The molecule has 0 bridgehead atoms. The topological polar surface area (TPSA) is 64.0 Å². The van der Waals surface area contributed by atoms with Crippen molar-refractivity contribution in [3.8, 4) is 0 Å². The highest BCUT2D eigenvalue weighted by molar-refractivity contribution is 7.88. The molecule has 0 aliphatic rings. The number of halogens is 1. The minimum absolute atomic E-state index is 0.0949. The van der Waals surface area contributed by atoms with Gasteiger partial charge in [-0.1, -0.05) is 54.1 Å². The summed E-state index contributed by atoms with van der Waals surface area (Å²) in [5.41, 5.74) is 1.50. The normalized spacial score (nSPS) is 12.9. The number of hydrogen-bond acceptors (Lipinski definition) is 3. The first-order chi connectivity index (χ1) is 11.9. The number of sulfonamides is 1. The Morgan fingerprint density at radius 1 is 1.12 bits per heavy atom. The Morgan fingerprint density at radius 3 is 2.40 bits per heavy atom. The number of nitrogens with zero attached hydrogens (tertiary/aromatic N) is 2. The highest BCUT2D eigenvalue weighted by Crippen LogP contribution is 2.23. The summed E-state index contributed by atoms with van der Waals surface area (Å²) in [7, 11) is -1.74. The van der Waals surface area contributed by atoms with E-state index in [1.54, 1.807) is 53.4 Å². The van der Waals surface area contributed by atoms with Crippen molar-refractivity contribution in [3.63, 3.8) is 0 Å². The minimum Gasteiger partial charge on any atom is -0.336 e. The van der Waals surface area contributed by atoms with Crippen molar-refractivity contribution in [1.29, 1.82) is 0 Å². The lowest BCUT2D eigenvalue weighted by molar-refractivity contribution is 0.562. The van der Waals surface area contributed by atoms with Gasteiger partial charge in [0, 0.05) is 24.5 Å². The van der Waals surface area contributed by atoms with Crippen molar-refractivity contribution < 1.29 is 8.42 Å². The summed E-state index contributed by atoms with van der Waals surface area (Å²) < 4.78 is 29.9. The third-order valence-electron chi connectivity index (χ3n) is 3.82. The predicted molar refractivity (Wildman–Crippen MR) is 98.7 cm³/mol. The van der Waals surface area contributed by atoms with E-state index in [1.165, 1.54) is 0 Å². The molecule has 3 aromatic rings. The van der Waals surface area contributed by atoms with Crippen LogP contribution in [0.2, 0.25) is 5.02 Å². The van der Waals surface area contributed by atoms with Gasteiger partial charge in [0.25, 0.3) is 0 Å². The first-order valence-corrected chi connectivity index (χ1v) is 9.74. The Morgan fingerprint density at radius 2 is 1.80 bits per heavy atom. The summed E-state index contributed by atoms with van der Waals surface area (Å²) in [6.45, 7) is 0. The van der Waals surface area contributed by atoms with Crippen LogP contribution in [0.5, 0.6) is 0 Å². The Kier molecular flexibility index (Phi) is 5.22. The zero-order valence-electron chi connectivity index (χ0n) is 13.6. The molecule has 25 heavy (non-hydrogen) atoms. The van der Waals surface area contributed by atoms with Crippen LogP contribution in [0, 0.1) is 0 Å². The Hall–Kier alpha value is -2.15. The van der Waals surface area contributed by atoms with Gasteiger partial charge in [0.15, 0.2) is 0 Å². The smallest absolute Gasteiger partial charge is 0.216 e. The SMILES string of the molecule is Cn1ccnc1C(NS(=O)(=O)Cc1ccccc1)c1ccc(Cl)cc1. The summed E-state index contributed by atoms with van der Waals surface area (Å²) in [5, 5.41) is 0.592. The predicted octanol–water partition coefficient (Wildman–Crippen LogP) is 3.28. The maximum atomic E-state index is 12.7. The Labute approximate surface area is 152 Å². The number of aryl methyl sites for hydroxylation is 1. The van der Waals surface area contributed by atoms with Gasteiger partial charge in [-0.05, 0) is 23.3 Å². The van der Waals surface area contributed by atoms with Gasteiger partial charge in [0.2, 0.25) is 10.0 Å². The monoisotopic (exact) mass is 375 g/mol. The molecule has 0 radical (unpaired) electrons. The van der Waals surface area contributed by atoms with Gasteiger partial charge in [0.1, 0.15) is 11.9 Å². The highest BCUT2D eigenvalue weighted by atomic mass is 35.5. The molecule has 0 aliphatic heterocycles. The van der Waals surface area contributed by atoms with Gasteiger partial charge in [-0.2, -0.15) is 4.72 Å². The third-order valence-corrected chi connectivity index (χ3v) is 5.38. The molecule has 1 aromatic heterocycles. The molecule has 0 saturated carbocycles. The molecular weight excluding hydrogens is 358 g/mol. The van der Waals surface area contributed by atoms with E-state index in [9.17, 15) is 8.42 Å². The van der Waals surface area contributed by atoms with Crippen LogP contribution in [-0.4, -0.2) is 18.0 Å². The van der Waals surface area contributed by atoms with Gasteiger partial charge >= 0.3 is 0 Å². The summed E-state index contributed by atoms with van der Waals surface area (Å²) in [4.78, 5) is 4.31. The molecule has 0 spiro atoms. The average molecular weight is 376 g/mol. The fourth-order valence-corrected chi connectivity index (χ4v) is 4.04. The van der Waals surface area contributed by atoms with Crippen LogP contribution in [-0.2, 0) is 22.8 Å². The maximum absolute atomic E-state index is 12.7. The van der Waals surface area contributed by atoms with Gasteiger partial charge in [-0.15, -0.1) is 0 Å². The molecule has 130 valence electrons. The van der Waals surface area contributed by atoms with Gasteiger partial charge < -0.3 is 4.57 Å². The van der Waals surface area contributed by atoms with E-state index in [2.05, 4.69) is 9.71 Å².